The Morgan fingerprint density at radius 3 is 2.16 bits per heavy atom. The summed E-state index contributed by atoms with van der Waals surface area (Å²) in [5.74, 6) is -0.428. The second-order valence-electron chi connectivity index (χ2n) is 5.60. The van der Waals surface area contributed by atoms with E-state index >= 15 is 0 Å². The SMILES string of the molecule is COc1c(F)cc(Cl)cc1B1OC(C)(C)C(C)(C)O1. The van der Waals surface area contributed by atoms with Crippen molar-refractivity contribution < 1.29 is 18.4 Å². The van der Waals surface area contributed by atoms with E-state index in [1.165, 1.54) is 13.2 Å². The maximum atomic E-state index is 13.8. The summed E-state index contributed by atoms with van der Waals surface area (Å²) in [7, 11) is 0.703. The lowest BCUT2D eigenvalue weighted by atomic mass is 9.78. The van der Waals surface area contributed by atoms with E-state index in [4.69, 9.17) is 25.6 Å². The fourth-order valence-electron chi connectivity index (χ4n) is 1.94. The first-order valence-corrected chi connectivity index (χ1v) is 6.44. The summed E-state index contributed by atoms with van der Waals surface area (Å²) in [6.07, 6.45) is 0. The molecule has 1 aliphatic rings. The van der Waals surface area contributed by atoms with Crippen molar-refractivity contribution >= 4 is 24.2 Å². The number of methoxy groups -OCH3 is 1. The molecule has 1 fully saturated rings. The molecule has 0 radical (unpaired) electrons. The Labute approximate surface area is 118 Å². The molecule has 1 aromatic carbocycles. The molecule has 0 N–H and O–H groups in total. The molecular formula is C13H17BClFO3. The van der Waals surface area contributed by atoms with Crippen LogP contribution in [0.1, 0.15) is 27.7 Å². The molecule has 3 nitrogen and oxygen atoms in total. The molecule has 1 aliphatic heterocycles. The molecule has 0 spiro atoms. The maximum Gasteiger partial charge on any atom is 0.498 e. The standard InChI is InChI=1S/C13H17BClFO3/c1-12(2)13(3,4)19-14(18-12)9-6-8(15)7-10(16)11(9)17-5/h6-7H,1-5H3. The highest BCUT2D eigenvalue weighted by atomic mass is 35.5. The summed E-state index contributed by atoms with van der Waals surface area (Å²) < 4.78 is 30.7. The molecule has 6 heteroatoms. The average Bonchev–Trinajstić information content (AvgIpc) is 2.47. The maximum absolute atomic E-state index is 13.8. The van der Waals surface area contributed by atoms with Gasteiger partial charge < -0.3 is 14.0 Å². The van der Waals surface area contributed by atoms with Crippen LogP contribution < -0.4 is 10.2 Å². The quantitative estimate of drug-likeness (QED) is 0.783. The Morgan fingerprint density at radius 2 is 1.68 bits per heavy atom. The number of rotatable bonds is 2. The van der Waals surface area contributed by atoms with Gasteiger partial charge in [0.15, 0.2) is 11.6 Å². The monoisotopic (exact) mass is 286 g/mol. The van der Waals surface area contributed by atoms with Crippen LogP contribution in [0.3, 0.4) is 0 Å². The van der Waals surface area contributed by atoms with Gasteiger partial charge in [-0.3, -0.25) is 0 Å². The topological polar surface area (TPSA) is 27.7 Å². The summed E-state index contributed by atoms with van der Waals surface area (Å²) in [5.41, 5.74) is -0.533. The Bertz CT molecular complexity index is 489. The number of hydrogen-bond acceptors (Lipinski definition) is 3. The summed E-state index contributed by atoms with van der Waals surface area (Å²) in [6, 6.07) is 2.81. The van der Waals surface area contributed by atoms with Crippen molar-refractivity contribution in [3.8, 4) is 5.75 Å². The van der Waals surface area contributed by atoms with Crippen molar-refractivity contribution in [2.75, 3.05) is 7.11 Å². The van der Waals surface area contributed by atoms with Gasteiger partial charge >= 0.3 is 7.12 Å². The summed E-state index contributed by atoms with van der Waals surface area (Å²) >= 11 is 5.89. The van der Waals surface area contributed by atoms with E-state index in [2.05, 4.69) is 0 Å². The van der Waals surface area contributed by atoms with Gasteiger partial charge in [-0.05, 0) is 39.8 Å². The predicted molar refractivity (Wildman–Crippen MR) is 73.7 cm³/mol. The second-order valence-corrected chi connectivity index (χ2v) is 6.03. The lowest BCUT2D eigenvalue weighted by Gasteiger charge is -2.32. The van der Waals surface area contributed by atoms with Crippen molar-refractivity contribution in [1.29, 1.82) is 0 Å². The molecule has 19 heavy (non-hydrogen) atoms. The highest BCUT2D eigenvalue weighted by Crippen LogP contribution is 2.37. The van der Waals surface area contributed by atoms with Gasteiger partial charge in [0, 0.05) is 10.5 Å². The minimum atomic E-state index is -0.701. The zero-order valence-electron chi connectivity index (χ0n) is 11.7. The van der Waals surface area contributed by atoms with E-state index < -0.39 is 24.1 Å². The number of hydrogen-bond donors (Lipinski definition) is 0. The van der Waals surface area contributed by atoms with Crippen molar-refractivity contribution in [3.63, 3.8) is 0 Å². The van der Waals surface area contributed by atoms with E-state index in [9.17, 15) is 4.39 Å². The van der Waals surface area contributed by atoms with Crippen molar-refractivity contribution in [3.05, 3.63) is 23.0 Å². The van der Waals surface area contributed by atoms with Crippen LogP contribution in [0, 0.1) is 5.82 Å². The molecule has 104 valence electrons. The summed E-state index contributed by atoms with van der Waals surface area (Å²) in [6.45, 7) is 7.72. The molecule has 0 aromatic heterocycles. The zero-order chi connectivity index (χ0) is 14.4. The van der Waals surface area contributed by atoms with Crippen molar-refractivity contribution in [2.24, 2.45) is 0 Å². The number of halogens is 2. The van der Waals surface area contributed by atoms with Crippen LogP contribution >= 0.6 is 11.6 Å². The van der Waals surface area contributed by atoms with Crippen molar-refractivity contribution in [2.45, 2.75) is 38.9 Å². The molecule has 0 unspecified atom stereocenters. The largest absolute Gasteiger partial charge is 0.498 e. The summed E-state index contributed by atoms with van der Waals surface area (Å²) in [5, 5.41) is 0.281. The van der Waals surface area contributed by atoms with E-state index in [1.807, 2.05) is 27.7 Å². The molecule has 0 bridgehead atoms. The third-order valence-electron chi connectivity index (χ3n) is 3.75. The van der Waals surface area contributed by atoms with Crippen LogP contribution in [-0.4, -0.2) is 25.4 Å². The van der Waals surface area contributed by atoms with Gasteiger partial charge in [-0.1, -0.05) is 11.6 Å². The van der Waals surface area contributed by atoms with Gasteiger partial charge in [0.2, 0.25) is 0 Å². The molecule has 0 saturated carbocycles. The molecule has 0 atom stereocenters. The van der Waals surface area contributed by atoms with Gasteiger partial charge in [-0.25, -0.2) is 4.39 Å². The Hall–Kier alpha value is -0.775. The van der Waals surface area contributed by atoms with E-state index in [-0.39, 0.29) is 10.8 Å². The Balaban J connectivity index is 2.45. The van der Waals surface area contributed by atoms with Crippen LogP contribution in [0.2, 0.25) is 5.02 Å². The number of benzene rings is 1. The highest BCUT2D eigenvalue weighted by molar-refractivity contribution is 6.63. The fourth-order valence-corrected chi connectivity index (χ4v) is 2.15. The van der Waals surface area contributed by atoms with Crippen LogP contribution in [0.25, 0.3) is 0 Å². The fraction of sp³-hybridized carbons (Fsp3) is 0.538. The smallest absolute Gasteiger partial charge is 0.494 e. The van der Waals surface area contributed by atoms with Crippen LogP contribution in [0.15, 0.2) is 12.1 Å². The average molecular weight is 287 g/mol. The van der Waals surface area contributed by atoms with Gasteiger partial charge in [0.25, 0.3) is 0 Å². The van der Waals surface area contributed by atoms with Crippen LogP contribution in [0.5, 0.6) is 5.75 Å². The van der Waals surface area contributed by atoms with Gasteiger partial charge in [0.1, 0.15) is 0 Å². The third kappa shape index (κ3) is 2.47. The predicted octanol–water partition coefficient (Wildman–Crippen LogP) is 2.79. The number of ether oxygens (including phenoxy) is 1. The van der Waals surface area contributed by atoms with Gasteiger partial charge in [0.05, 0.1) is 18.3 Å². The van der Waals surface area contributed by atoms with E-state index in [0.29, 0.717) is 5.46 Å². The first kappa shape index (κ1) is 14.6. The first-order valence-electron chi connectivity index (χ1n) is 6.06. The van der Waals surface area contributed by atoms with Crippen LogP contribution in [-0.2, 0) is 9.31 Å². The second kappa shape index (κ2) is 4.65. The summed E-state index contributed by atoms with van der Waals surface area (Å²) in [4.78, 5) is 0. The van der Waals surface area contributed by atoms with Gasteiger partial charge in [-0.15, -0.1) is 0 Å². The lowest BCUT2D eigenvalue weighted by molar-refractivity contribution is 0.00578. The molecule has 1 saturated heterocycles. The molecule has 1 heterocycles. The third-order valence-corrected chi connectivity index (χ3v) is 3.97. The lowest BCUT2D eigenvalue weighted by Crippen LogP contribution is -2.41. The molecule has 2 rings (SSSR count). The molecule has 1 aromatic rings. The minimum Gasteiger partial charge on any atom is -0.494 e. The molecule has 0 aliphatic carbocycles. The Kier molecular flexibility index (Phi) is 3.58. The van der Waals surface area contributed by atoms with Crippen LogP contribution in [0.4, 0.5) is 4.39 Å². The minimum absolute atomic E-state index is 0.0999. The normalized spacial score (nSPS) is 20.7. The Morgan fingerprint density at radius 1 is 1.16 bits per heavy atom. The molecular weight excluding hydrogens is 269 g/mol. The molecule has 0 amide bonds. The van der Waals surface area contributed by atoms with E-state index in [0.717, 1.165) is 0 Å². The zero-order valence-corrected chi connectivity index (χ0v) is 12.5. The highest BCUT2D eigenvalue weighted by Gasteiger charge is 2.52. The van der Waals surface area contributed by atoms with Crippen molar-refractivity contribution in [1.82, 2.24) is 0 Å². The van der Waals surface area contributed by atoms with Gasteiger partial charge in [-0.2, -0.15) is 0 Å². The first-order chi connectivity index (χ1) is 8.68. The van der Waals surface area contributed by atoms with E-state index in [1.54, 1.807) is 6.07 Å².